The topological polar surface area (TPSA) is 54.4 Å². The summed E-state index contributed by atoms with van der Waals surface area (Å²) < 4.78 is 0. The summed E-state index contributed by atoms with van der Waals surface area (Å²) in [5, 5.41) is 8.71. The molecule has 0 aliphatic carbocycles. The van der Waals surface area contributed by atoms with E-state index in [-0.39, 0.29) is 31.2 Å². The number of carboxylic acids is 1. The number of ketones is 1. The second kappa shape index (κ2) is 6.65. The number of hydrogen-bond acceptors (Lipinski definition) is 2. The molecule has 0 bridgehead atoms. The Morgan fingerprint density at radius 3 is 1.64 bits per heavy atom. The molecule has 0 spiro atoms. The van der Waals surface area contributed by atoms with Crippen molar-refractivity contribution in [1.82, 2.24) is 0 Å². The largest absolute Gasteiger partial charge is 0.478 e. The number of carbonyl (C=O) groups is 2. The van der Waals surface area contributed by atoms with Crippen molar-refractivity contribution in [3.05, 3.63) is 66.1 Å². The fourth-order valence-electron chi connectivity index (χ4n) is 1.79. The highest BCUT2D eigenvalue weighted by atomic mass is 35.5. The molecule has 2 rings (SSSR count). The molecule has 0 aliphatic rings. The Balaban J connectivity index is 2.76. The van der Waals surface area contributed by atoms with Crippen molar-refractivity contribution >= 4 is 69.8 Å². The molecule has 3 nitrogen and oxygen atoms in total. The van der Waals surface area contributed by atoms with Crippen molar-refractivity contribution in [1.29, 1.82) is 0 Å². The van der Waals surface area contributed by atoms with Crippen molar-refractivity contribution in [2.75, 3.05) is 0 Å². The van der Waals surface area contributed by atoms with Gasteiger partial charge in [0.1, 0.15) is 0 Å². The average molecular weight is 398 g/mol. The van der Waals surface area contributed by atoms with Crippen LogP contribution >= 0.6 is 58.0 Å². The van der Waals surface area contributed by atoms with E-state index < -0.39 is 17.3 Å². The van der Waals surface area contributed by atoms with E-state index >= 15 is 0 Å². The smallest absolute Gasteiger partial charge is 0.338 e. The summed E-state index contributed by atoms with van der Waals surface area (Å²) in [7, 11) is 0. The van der Waals surface area contributed by atoms with Crippen LogP contribution in [0.25, 0.3) is 0 Å². The normalized spacial score (nSPS) is 10.6. The number of halogens is 5. The van der Waals surface area contributed by atoms with Crippen LogP contribution in [0.5, 0.6) is 0 Å². The van der Waals surface area contributed by atoms with Crippen LogP contribution in [-0.2, 0) is 0 Å². The van der Waals surface area contributed by atoms with Crippen molar-refractivity contribution < 1.29 is 14.7 Å². The van der Waals surface area contributed by atoms with Gasteiger partial charge in [0.15, 0.2) is 5.78 Å². The molecule has 0 aromatic heterocycles. The predicted molar refractivity (Wildman–Crippen MR) is 88.3 cm³/mol. The molecular formula is C14H5Cl5O3. The van der Waals surface area contributed by atoms with E-state index in [1.54, 1.807) is 0 Å². The molecule has 0 saturated carbocycles. The van der Waals surface area contributed by atoms with Crippen molar-refractivity contribution in [3.8, 4) is 0 Å². The van der Waals surface area contributed by atoms with Crippen LogP contribution in [0.1, 0.15) is 26.3 Å². The van der Waals surface area contributed by atoms with E-state index in [2.05, 4.69) is 0 Å². The lowest BCUT2D eigenvalue weighted by Crippen LogP contribution is -2.12. The minimum Gasteiger partial charge on any atom is -0.478 e. The van der Waals surface area contributed by atoms with Gasteiger partial charge in [-0.05, 0) is 24.3 Å². The molecule has 0 atom stereocenters. The summed E-state index contributed by atoms with van der Waals surface area (Å²) in [5.41, 5.74) is -0.639. The van der Waals surface area contributed by atoms with Gasteiger partial charge in [-0.15, -0.1) is 0 Å². The molecule has 0 unspecified atom stereocenters. The van der Waals surface area contributed by atoms with Crippen molar-refractivity contribution in [2.24, 2.45) is 0 Å². The lowest BCUT2D eigenvalue weighted by atomic mass is 9.98. The maximum atomic E-state index is 12.6. The van der Waals surface area contributed by atoms with Gasteiger partial charge in [-0.2, -0.15) is 0 Å². The third-order valence-corrected chi connectivity index (χ3v) is 4.87. The van der Waals surface area contributed by atoms with Gasteiger partial charge in [-0.1, -0.05) is 58.0 Å². The molecule has 114 valence electrons. The van der Waals surface area contributed by atoms with Crippen LogP contribution in [0.15, 0.2) is 24.3 Å². The molecule has 0 aliphatic heterocycles. The molecule has 8 heteroatoms. The zero-order chi connectivity index (χ0) is 16.6. The molecule has 2 aromatic rings. The number of carboxylic acid groups (broad SMARTS) is 1. The Kier molecular flexibility index (Phi) is 5.25. The quantitative estimate of drug-likeness (QED) is 0.399. The van der Waals surface area contributed by atoms with Gasteiger partial charge >= 0.3 is 5.97 Å². The molecule has 0 fully saturated rings. The predicted octanol–water partition coefficient (Wildman–Crippen LogP) is 5.88. The lowest BCUT2D eigenvalue weighted by Gasteiger charge is -2.13. The third kappa shape index (κ3) is 3.05. The second-order valence-corrected chi connectivity index (χ2v) is 6.10. The number of benzene rings is 2. The van der Waals surface area contributed by atoms with Crippen LogP contribution in [-0.4, -0.2) is 16.9 Å². The molecule has 0 amide bonds. The third-order valence-electron chi connectivity index (χ3n) is 2.81. The number of hydrogen-bond donors (Lipinski definition) is 1. The van der Waals surface area contributed by atoms with Gasteiger partial charge in [0.2, 0.25) is 0 Å². The molecular weight excluding hydrogens is 393 g/mol. The average Bonchev–Trinajstić information content (AvgIpc) is 2.48. The first-order valence-corrected chi connectivity index (χ1v) is 7.54. The van der Waals surface area contributed by atoms with E-state index in [1.807, 2.05) is 0 Å². The van der Waals surface area contributed by atoms with E-state index in [9.17, 15) is 14.7 Å². The number of rotatable bonds is 3. The molecule has 0 heterocycles. The summed E-state index contributed by atoms with van der Waals surface area (Å²) in [6.45, 7) is 0. The lowest BCUT2D eigenvalue weighted by molar-refractivity contribution is 0.0693. The minimum absolute atomic E-state index is 0.184. The van der Waals surface area contributed by atoms with Gasteiger partial charge in [0, 0.05) is 10.6 Å². The van der Waals surface area contributed by atoms with E-state index in [0.717, 1.165) is 0 Å². The summed E-state index contributed by atoms with van der Waals surface area (Å²) in [6, 6.07) is 5.84. The second-order valence-electron chi connectivity index (χ2n) is 4.15. The Morgan fingerprint density at radius 1 is 0.727 bits per heavy atom. The molecule has 22 heavy (non-hydrogen) atoms. The molecule has 2 aromatic carbocycles. The van der Waals surface area contributed by atoms with Crippen LogP contribution in [0.2, 0.25) is 25.1 Å². The number of aromatic carboxylic acids is 1. The number of carbonyl (C=O) groups excluding carboxylic acids is 1. The van der Waals surface area contributed by atoms with Crippen molar-refractivity contribution in [3.63, 3.8) is 0 Å². The molecule has 0 radical (unpaired) electrons. The standard InChI is InChI=1S/C14H5Cl5O3/c15-6-3-1-5(2-4-6)13(20)7-8(14(21)22)10(17)12(19)11(18)9(7)16/h1-4H,(H,21,22). The Hall–Kier alpha value is -0.970. The van der Waals surface area contributed by atoms with Gasteiger partial charge in [-0.3, -0.25) is 4.79 Å². The first kappa shape index (κ1) is 17.4. The Bertz CT molecular complexity index is 784. The Morgan fingerprint density at radius 2 is 1.18 bits per heavy atom. The van der Waals surface area contributed by atoms with Crippen LogP contribution in [0, 0.1) is 0 Å². The highest BCUT2D eigenvalue weighted by Gasteiger charge is 2.29. The van der Waals surface area contributed by atoms with Crippen LogP contribution in [0.4, 0.5) is 0 Å². The fraction of sp³-hybridized carbons (Fsp3) is 0. The first-order chi connectivity index (χ1) is 10.3. The zero-order valence-corrected chi connectivity index (χ0v) is 14.2. The maximum Gasteiger partial charge on any atom is 0.338 e. The monoisotopic (exact) mass is 396 g/mol. The van der Waals surface area contributed by atoms with Crippen LogP contribution in [0.3, 0.4) is 0 Å². The van der Waals surface area contributed by atoms with E-state index in [1.165, 1.54) is 24.3 Å². The van der Waals surface area contributed by atoms with Crippen molar-refractivity contribution in [2.45, 2.75) is 0 Å². The highest BCUT2D eigenvalue weighted by Crippen LogP contribution is 2.42. The van der Waals surface area contributed by atoms with E-state index in [0.29, 0.717) is 5.02 Å². The van der Waals surface area contributed by atoms with Gasteiger partial charge < -0.3 is 5.11 Å². The SMILES string of the molecule is O=C(O)c1c(Cl)c(Cl)c(Cl)c(Cl)c1C(=O)c1ccc(Cl)cc1. The Labute approximate surface area is 150 Å². The summed E-state index contributed by atoms with van der Waals surface area (Å²) in [5.74, 6) is -2.10. The molecule has 1 N–H and O–H groups in total. The van der Waals surface area contributed by atoms with E-state index in [4.69, 9.17) is 58.0 Å². The summed E-state index contributed by atoms with van der Waals surface area (Å²) in [6.07, 6.45) is 0. The van der Waals surface area contributed by atoms with Gasteiger partial charge in [-0.25, -0.2) is 4.79 Å². The first-order valence-electron chi connectivity index (χ1n) is 5.65. The zero-order valence-electron chi connectivity index (χ0n) is 10.5. The summed E-state index contributed by atoms with van der Waals surface area (Å²) in [4.78, 5) is 24.0. The molecule has 0 saturated heterocycles. The maximum absolute atomic E-state index is 12.6. The fourth-order valence-corrected chi connectivity index (χ4v) is 2.94. The highest BCUT2D eigenvalue weighted by molar-refractivity contribution is 6.54. The van der Waals surface area contributed by atoms with Crippen LogP contribution < -0.4 is 0 Å². The minimum atomic E-state index is -1.44. The van der Waals surface area contributed by atoms with Gasteiger partial charge in [0.25, 0.3) is 0 Å². The van der Waals surface area contributed by atoms with Gasteiger partial charge in [0.05, 0.1) is 31.2 Å². The summed E-state index contributed by atoms with van der Waals surface area (Å²) >= 11 is 29.4.